The van der Waals surface area contributed by atoms with E-state index in [1.807, 2.05) is 42.5 Å². The summed E-state index contributed by atoms with van der Waals surface area (Å²) in [6.07, 6.45) is 13.9. The van der Waals surface area contributed by atoms with Crippen molar-refractivity contribution < 1.29 is 28.8 Å². The molecule has 1 N–H and O–H groups in total. The van der Waals surface area contributed by atoms with Gasteiger partial charge in [0.2, 0.25) is 0 Å². The molecule has 1 radical (unpaired) electrons. The topological polar surface area (TPSA) is 29.1 Å². The van der Waals surface area contributed by atoms with Crippen molar-refractivity contribution in [3.63, 3.8) is 0 Å². The summed E-state index contributed by atoms with van der Waals surface area (Å²) in [7, 11) is -1.96. The molecule has 0 unspecified atom stereocenters. The molecule has 0 aliphatic heterocycles. The van der Waals surface area contributed by atoms with E-state index in [1.54, 1.807) is 0 Å². The molecule has 2 nitrogen and oxygen atoms in total. The van der Waals surface area contributed by atoms with Crippen LogP contribution in [0.3, 0.4) is 0 Å². The van der Waals surface area contributed by atoms with E-state index in [0.717, 1.165) is 24.7 Å². The highest BCUT2D eigenvalue weighted by Crippen LogP contribution is 2.58. The van der Waals surface area contributed by atoms with Gasteiger partial charge in [-0.25, -0.2) is 0 Å². The summed E-state index contributed by atoms with van der Waals surface area (Å²) < 4.78 is 0. The van der Waals surface area contributed by atoms with Gasteiger partial charge in [0, 0.05) is 12.1 Å². The van der Waals surface area contributed by atoms with Crippen molar-refractivity contribution in [1.29, 1.82) is 0 Å². The van der Waals surface area contributed by atoms with Crippen LogP contribution in [0.25, 0.3) is 0 Å². The maximum atomic E-state index is 12.9. The number of amides is 1. The van der Waals surface area contributed by atoms with E-state index in [2.05, 4.69) is 121 Å². The van der Waals surface area contributed by atoms with Gasteiger partial charge in [0.15, 0.2) is 0 Å². The average molecular weight is 769 g/mol. The third-order valence-electron chi connectivity index (χ3n) is 8.65. The first-order valence-corrected chi connectivity index (χ1v) is 19.5. The molecule has 0 spiro atoms. The van der Waals surface area contributed by atoms with E-state index in [-0.39, 0.29) is 29.9 Å². The van der Waals surface area contributed by atoms with E-state index >= 15 is 0 Å². The summed E-state index contributed by atoms with van der Waals surface area (Å²) in [5.74, 6) is 0.0303. The van der Waals surface area contributed by atoms with Gasteiger partial charge < -0.3 is 29.3 Å². The molecule has 1 amide bonds. The van der Waals surface area contributed by atoms with Crippen LogP contribution in [-0.4, -0.2) is 12.5 Å². The summed E-state index contributed by atoms with van der Waals surface area (Å²) in [4.78, 5) is 12.9. The van der Waals surface area contributed by atoms with Crippen molar-refractivity contribution in [1.82, 2.24) is 5.32 Å². The number of nitrogens with one attached hydrogen (secondary N) is 1. The molecule has 0 aromatic heterocycles. The minimum Gasteiger partial charge on any atom is -1.00 e. The van der Waals surface area contributed by atoms with Gasteiger partial charge in [-0.15, -0.1) is 0 Å². The minimum atomic E-state index is -1.96. The van der Waals surface area contributed by atoms with Crippen LogP contribution in [0.5, 0.6) is 0 Å². The molecule has 4 heteroatoms. The second-order valence-electron chi connectivity index (χ2n) is 12.2. The maximum absolute atomic E-state index is 12.9. The number of unbranched alkanes of at least 4 members (excludes halogenated alkanes) is 9. The van der Waals surface area contributed by atoms with Crippen molar-refractivity contribution in [2.24, 2.45) is 0 Å². The predicted molar refractivity (Wildman–Crippen MR) is 205 cm³/mol. The number of carbonyl (C=O) groups excluding carboxylic acids is 1. The van der Waals surface area contributed by atoms with Crippen LogP contribution in [0.2, 0.25) is 0 Å². The molecule has 5 rings (SSSR count). The third-order valence-corrected chi connectivity index (χ3v) is 13.0. The van der Waals surface area contributed by atoms with Gasteiger partial charge in [-0.05, 0) is 66.6 Å². The van der Waals surface area contributed by atoms with Crippen LogP contribution in [0.1, 0.15) is 87.1 Å². The number of benzene rings is 5. The smallest absolute Gasteiger partial charge is 0.251 e. The molecule has 251 valence electrons. The number of hydrogen-bond donors (Lipinski definition) is 1. The van der Waals surface area contributed by atoms with Gasteiger partial charge in [-0.2, -0.15) is 0 Å². The monoisotopic (exact) mass is 768 g/mol. The van der Waals surface area contributed by atoms with E-state index in [4.69, 9.17) is 0 Å². The Bertz CT molecular complexity index is 1390. The molecule has 0 aliphatic carbocycles. The Labute approximate surface area is 308 Å². The zero-order valence-electron chi connectivity index (χ0n) is 28.6. The van der Waals surface area contributed by atoms with Crippen LogP contribution in [0.15, 0.2) is 146 Å². The third kappa shape index (κ3) is 12.6. The quantitative estimate of drug-likeness (QED) is 0.0600. The molecule has 5 aromatic carbocycles. The molecule has 0 saturated carbocycles. The number of hydrogen-bond acceptors (Lipinski definition) is 1. The van der Waals surface area contributed by atoms with Gasteiger partial charge >= 0.3 is 0 Å². The maximum Gasteiger partial charge on any atom is 0.251 e. The van der Waals surface area contributed by atoms with Gasteiger partial charge in [-0.3, -0.25) is 4.79 Å². The van der Waals surface area contributed by atoms with Crippen molar-refractivity contribution >= 4 is 29.1 Å². The van der Waals surface area contributed by atoms with Crippen molar-refractivity contribution in [2.75, 3.05) is 6.54 Å². The Hall–Kier alpha value is -3.27. The fourth-order valence-electron chi connectivity index (χ4n) is 6.06. The van der Waals surface area contributed by atoms with E-state index in [1.165, 1.54) is 79.3 Å². The first kappa shape index (κ1) is 39.2. The molecule has 0 atom stereocenters. The molecule has 0 aliphatic rings. The Morgan fingerprint density at radius 3 is 1.35 bits per heavy atom. The summed E-state index contributed by atoms with van der Waals surface area (Å²) >= 11 is 0. The second kappa shape index (κ2) is 23.1. The summed E-state index contributed by atoms with van der Waals surface area (Å²) in [6.45, 7) is 3.02. The standard InChI is InChI=1S/C38H46NOP.C6H5.HI/c1-2-3-4-5-6-7-8-9-10-20-31-39-38(40)34-29-27-33(28-30-34)32-41(35-21-14-11-15-22-35,36-23-16-12-17-24-36)37-25-18-13-19-26-37;1-2-4-6-5-3-1;/h11-19,21-30H,2-10,20,31-32H2,1H3;1-5H;1H. The van der Waals surface area contributed by atoms with Gasteiger partial charge in [0.1, 0.15) is 23.2 Å². The second-order valence-corrected chi connectivity index (χ2v) is 15.7. The number of carbonyl (C=O) groups is 1. The molecule has 48 heavy (non-hydrogen) atoms. The molecule has 5 aromatic rings. The van der Waals surface area contributed by atoms with Crippen LogP contribution >= 0.6 is 7.26 Å². The molecule has 0 saturated heterocycles. The Morgan fingerprint density at radius 1 is 0.542 bits per heavy atom. The predicted octanol–water partition coefficient (Wildman–Crippen LogP) is 7.32. The Balaban J connectivity index is 0.000000804. The highest BCUT2D eigenvalue weighted by molar-refractivity contribution is 7.95. The van der Waals surface area contributed by atoms with Gasteiger partial charge in [0.25, 0.3) is 5.91 Å². The number of rotatable bonds is 17. The summed E-state index contributed by atoms with van der Waals surface area (Å²) in [5.41, 5.74) is 1.99. The average Bonchev–Trinajstić information content (AvgIpc) is 3.15. The first-order valence-electron chi connectivity index (χ1n) is 17.6. The lowest BCUT2D eigenvalue weighted by Crippen LogP contribution is -3.00. The molecular weight excluding hydrogens is 716 g/mol. The molecule has 0 bridgehead atoms. The zero-order chi connectivity index (χ0) is 32.8. The molecule has 0 fully saturated rings. The normalized spacial score (nSPS) is 10.7. The molecule has 0 heterocycles. The van der Waals surface area contributed by atoms with Crippen LogP contribution in [0.4, 0.5) is 0 Å². The van der Waals surface area contributed by atoms with Gasteiger partial charge in [-0.1, -0.05) is 162 Å². The fourth-order valence-corrected chi connectivity index (χ4v) is 10.3. The lowest BCUT2D eigenvalue weighted by Gasteiger charge is -2.28. The minimum absolute atomic E-state index is 0. The number of halogens is 1. The van der Waals surface area contributed by atoms with Crippen LogP contribution < -0.4 is 45.2 Å². The highest BCUT2D eigenvalue weighted by Gasteiger charge is 2.45. The van der Waals surface area contributed by atoms with E-state index in [9.17, 15) is 4.79 Å². The van der Waals surface area contributed by atoms with Crippen LogP contribution in [-0.2, 0) is 6.16 Å². The van der Waals surface area contributed by atoms with E-state index < -0.39 is 7.26 Å². The fraction of sp³-hybridized carbons (Fsp3) is 0.295. The lowest BCUT2D eigenvalue weighted by molar-refractivity contribution is -0.0000178. The van der Waals surface area contributed by atoms with Crippen molar-refractivity contribution in [3.8, 4) is 0 Å². The largest absolute Gasteiger partial charge is 1.00 e. The summed E-state index contributed by atoms with van der Waals surface area (Å²) in [6, 6.07) is 53.7. The van der Waals surface area contributed by atoms with Crippen molar-refractivity contribution in [3.05, 3.63) is 163 Å². The first-order chi connectivity index (χ1) is 23.2. The van der Waals surface area contributed by atoms with Crippen LogP contribution in [0, 0.1) is 6.07 Å². The van der Waals surface area contributed by atoms with Crippen molar-refractivity contribution in [2.45, 2.75) is 77.3 Å². The molecular formula is C44H52INOP. The Morgan fingerprint density at radius 2 is 0.958 bits per heavy atom. The van der Waals surface area contributed by atoms with E-state index in [0.29, 0.717) is 0 Å². The van der Waals surface area contributed by atoms with Gasteiger partial charge in [0.05, 0.1) is 6.16 Å². The SMILES string of the molecule is CCCCCCCCCCCCNC(=O)c1ccc(C[P+](c2ccccc2)(c2ccccc2)c2ccccc2)cc1.[I-].[c]1ccccc1. The highest BCUT2D eigenvalue weighted by atomic mass is 127. The lowest BCUT2D eigenvalue weighted by atomic mass is 10.1. The summed E-state index contributed by atoms with van der Waals surface area (Å²) in [5, 5.41) is 7.25. The Kier molecular flexibility index (Phi) is 18.9. The zero-order valence-corrected chi connectivity index (χ0v) is 31.6.